The largest absolute Gasteiger partial charge is 0.431 e. The fourth-order valence-corrected chi connectivity index (χ4v) is 6.28. The van der Waals surface area contributed by atoms with Gasteiger partial charge in [-0.3, -0.25) is 4.79 Å². The van der Waals surface area contributed by atoms with Crippen LogP contribution in [0.3, 0.4) is 0 Å². The maximum Gasteiger partial charge on any atom is 0.307 e. The van der Waals surface area contributed by atoms with Gasteiger partial charge in [0, 0.05) is 12.8 Å². The molecule has 5 atom stereocenters. The molecule has 1 saturated heterocycles. The molecule has 108 valence electrons. The van der Waals surface area contributed by atoms with Crippen LogP contribution in [0.25, 0.3) is 0 Å². The molecule has 0 amide bonds. The van der Waals surface area contributed by atoms with Crippen LogP contribution in [0.4, 0.5) is 0 Å². The van der Waals surface area contributed by atoms with Gasteiger partial charge in [0.1, 0.15) is 5.76 Å². The first-order chi connectivity index (χ1) is 8.77. The van der Waals surface area contributed by atoms with Gasteiger partial charge < -0.3 is 4.74 Å². The van der Waals surface area contributed by atoms with Crippen molar-refractivity contribution in [2.75, 3.05) is 5.75 Å². The molecular weight excluding hydrogens is 264 g/mol. The second-order valence-electron chi connectivity index (χ2n) is 5.87. The minimum Gasteiger partial charge on any atom is -0.431 e. The minimum absolute atomic E-state index is 0.103. The number of ether oxygens (including phenoxy) is 1. The van der Waals surface area contributed by atoms with Crippen LogP contribution in [0.5, 0.6) is 0 Å². The lowest BCUT2D eigenvalue weighted by atomic mass is 9.69. The van der Waals surface area contributed by atoms with Gasteiger partial charge in [-0.2, -0.15) is 0 Å². The Labute approximate surface area is 115 Å². The third-order valence-corrected chi connectivity index (χ3v) is 6.86. The standard InChI is InChI=1S/C14H22O4S/c1-5-11-9(3)12(18-10(4)15)6-13-14(11)8(2)7-19(13,16)17/h6,8-9,11,13-14H,5,7H2,1-4H3/t8-,9-,11-,13-,14-/m0/s1. The summed E-state index contributed by atoms with van der Waals surface area (Å²) in [5, 5.41) is -0.474. The van der Waals surface area contributed by atoms with Crippen LogP contribution in [0, 0.1) is 23.7 Å². The lowest BCUT2D eigenvalue weighted by molar-refractivity contribution is -0.138. The summed E-state index contributed by atoms with van der Waals surface area (Å²) < 4.78 is 29.7. The fourth-order valence-electron chi connectivity index (χ4n) is 3.81. The maximum atomic E-state index is 12.2. The molecular formula is C14H22O4S. The summed E-state index contributed by atoms with van der Waals surface area (Å²) in [5.74, 6) is 1.10. The van der Waals surface area contributed by atoms with Crippen LogP contribution in [-0.4, -0.2) is 25.4 Å². The molecule has 0 aromatic carbocycles. The maximum absolute atomic E-state index is 12.2. The van der Waals surface area contributed by atoms with E-state index in [1.807, 2.05) is 13.8 Å². The first-order valence-electron chi connectivity index (χ1n) is 6.89. The summed E-state index contributed by atoms with van der Waals surface area (Å²) in [6.07, 6.45) is 2.59. The fraction of sp³-hybridized carbons (Fsp3) is 0.786. The number of hydrogen-bond donors (Lipinski definition) is 0. The summed E-state index contributed by atoms with van der Waals surface area (Å²) in [4.78, 5) is 11.2. The molecule has 2 aliphatic rings. The van der Waals surface area contributed by atoms with Gasteiger partial charge in [0.25, 0.3) is 0 Å². The van der Waals surface area contributed by atoms with Crippen molar-refractivity contribution in [3.63, 3.8) is 0 Å². The molecule has 0 radical (unpaired) electrons. The molecule has 0 unspecified atom stereocenters. The van der Waals surface area contributed by atoms with E-state index >= 15 is 0 Å². The molecule has 0 N–H and O–H groups in total. The molecule has 0 saturated carbocycles. The zero-order valence-corrected chi connectivity index (χ0v) is 12.7. The number of hydrogen-bond acceptors (Lipinski definition) is 4. The zero-order valence-electron chi connectivity index (χ0n) is 11.9. The number of carbonyl (C=O) groups is 1. The van der Waals surface area contributed by atoms with Gasteiger partial charge in [0.15, 0.2) is 9.84 Å². The van der Waals surface area contributed by atoms with Crippen molar-refractivity contribution >= 4 is 15.8 Å². The van der Waals surface area contributed by atoms with Crippen LogP contribution >= 0.6 is 0 Å². The Morgan fingerprint density at radius 2 is 2.05 bits per heavy atom. The quantitative estimate of drug-likeness (QED) is 0.730. The molecule has 1 fully saturated rings. The van der Waals surface area contributed by atoms with Crippen molar-refractivity contribution in [1.82, 2.24) is 0 Å². The summed E-state index contributed by atoms with van der Waals surface area (Å²) in [6, 6.07) is 0. The van der Waals surface area contributed by atoms with Crippen molar-refractivity contribution in [2.24, 2.45) is 23.7 Å². The molecule has 0 bridgehead atoms. The number of carbonyl (C=O) groups excluding carboxylic acids is 1. The van der Waals surface area contributed by atoms with Gasteiger partial charge in [-0.15, -0.1) is 0 Å². The second kappa shape index (κ2) is 4.93. The number of esters is 1. The van der Waals surface area contributed by atoms with Crippen LogP contribution < -0.4 is 0 Å². The van der Waals surface area contributed by atoms with E-state index in [0.29, 0.717) is 5.76 Å². The lowest BCUT2D eigenvalue weighted by Crippen LogP contribution is -2.37. The molecule has 2 rings (SSSR count). The molecule has 19 heavy (non-hydrogen) atoms. The Balaban J connectivity index is 2.45. The Kier molecular flexibility index (Phi) is 3.78. The van der Waals surface area contributed by atoms with E-state index in [9.17, 15) is 13.2 Å². The number of rotatable bonds is 2. The first kappa shape index (κ1) is 14.6. The average molecular weight is 286 g/mol. The normalized spacial score (nSPS) is 40.4. The molecule has 1 aliphatic carbocycles. The Hall–Kier alpha value is -0.840. The SMILES string of the molecule is CC[C@@H]1[C@@H]2[C@@H](C)CS(=O)(=O)[C@H]2C=C(OC(C)=O)[C@H]1C. The van der Waals surface area contributed by atoms with Crippen LogP contribution in [0.15, 0.2) is 11.8 Å². The highest BCUT2D eigenvalue weighted by Gasteiger charge is 2.51. The van der Waals surface area contributed by atoms with E-state index in [-0.39, 0.29) is 35.4 Å². The number of sulfone groups is 1. The minimum atomic E-state index is -3.10. The van der Waals surface area contributed by atoms with Gasteiger partial charge >= 0.3 is 5.97 Å². The van der Waals surface area contributed by atoms with Crippen molar-refractivity contribution in [3.05, 3.63) is 11.8 Å². The van der Waals surface area contributed by atoms with Gasteiger partial charge in [0.05, 0.1) is 11.0 Å². The van der Waals surface area contributed by atoms with Crippen molar-refractivity contribution in [3.8, 4) is 0 Å². The van der Waals surface area contributed by atoms with Crippen molar-refractivity contribution < 1.29 is 17.9 Å². The summed E-state index contributed by atoms with van der Waals surface area (Å²) in [5.41, 5.74) is 0. The van der Waals surface area contributed by atoms with Gasteiger partial charge in [0.2, 0.25) is 0 Å². The molecule has 4 nitrogen and oxygen atoms in total. The predicted octanol–water partition coefficient (Wildman–Crippen LogP) is 2.16. The zero-order chi connectivity index (χ0) is 14.4. The Bertz CT molecular complexity index is 506. The monoisotopic (exact) mass is 286 g/mol. The second-order valence-corrected chi connectivity index (χ2v) is 8.08. The molecule has 0 aromatic rings. The van der Waals surface area contributed by atoms with Crippen LogP contribution in [0.1, 0.15) is 34.1 Å². The third kappa shape index (κ3) is 2.45. The highest BCUT2D eigenvalue weighted by atomic mass is 32.2. The number of allylic oxidation sites excluding steroid dienone is 1. The van der Waals surface area contributed by atoms with E-state index in [1.165, 1.54) is 6.92 Å². The Morgan fingerprint density at radius 1 is 1.42 bits per heavy atom. The van der Waals surface area contributed by atoms with Crippen LogP contribution in [0.2, 0.25) is 0 Å². The van der Waals surface area contributed by atoms with E-state index in [0.717, 1.165) is 6.42 Å². The Morgan fingerprint density at radius 3 is 2.58 bits per heavy atom. The first-order valence-corrected chi connectivity index (χ1v) is 8.61. The average Bonchev–Trinajstić information content (AvgIpc) is 2.50. The van der Waals surface area contributed by atoms with Crippen molar-refractivity contribution in [1.29, 1.82) is 0 Å². The molecule has 1 heterocycles. The van der Waals surface area contributed by atoms with E-state index in [2.05, 4.69) is 6.92 Å². The molecule has 1 aliphatic heterocycles. The predicted molar refractivity (Wildman–Crippen MR) is 73.0 cm³/mol. The van der Waals surface area contributed by atoms with Gasteiger partial charge in [-0.1, -0.05) is 27.2 Å². The van der Waals surface area contributed by atoms with Gasteiger partial charge in [-0.05, 0) is 23.8 Å². The summed E-state index contributed by atoms with van der Waals surface area (Å²) in [6.45, 7) is 7.47. The highest BCUT2D eigenvalue weighted by Crippen LogP contribution is 2.47. The van der Waals surface area contributed by atoms with Crippen LogP contribution in [-0.2, 0) is 19.4 Å². The van der Waals surface area contributed by atoms with E-state index < -0.39 is 15.1 Å². The summed E-state index contributed by atoms with van der Waals surface area (Å²) in [7, 11) is -3.10. The molecule has 5 heteroatoms. The van der Waals surface area contributed by atoms with E-state index in [1.54, 1.807) is 6.08 Å². The highest BCUT2D eigenvalue weighted by molar-refractivity contribution is 7.92. The molecule has 0 spiro atoms. The van der Waals surface area contributed by atoms with Gasteiger partial charge in [-0.25, -0.2) is 8.42 Å². The van der Waals surface area contributed by atoms with E-state index in [4.69, 9.17) is 4.74 Å². The van der Waals surface area contributed by atoms with Crippen molar-refractivity contribution in [2.45, 2.75) is 39.4 Å². The third-order valence-electron chi connectivity index (χ3n) is 4.59. The number of fused-ring (bicyclic) bond motifs is 1. The lowest BCUT2D eigenvalue weighted by Gasteiger charge is -2.37. The molecule has 0 aromatic heterocycles. The smallest absolute Gasteiger partial charge is 0.307 e. The summed E-state index contributed by atoms with van der Waals surface area (Å²) >= 11 is 0. The topological polar surface area (TPSA) is 60.4 Å².